The van der Waals surface area contributed by atoms with Gasteiger partial charge in [-0.2, -0.15) is 5.10 Å². The van der Waals surface area contributed by atoms with Crippen molar-refractivity contribution in [1.82, 2.24) is 20.4 Å². The first-order valence-electron chi connectivity index (χ1n) is 9.97. The zero-order valence-corrected chi connectivity index (χ0v) is 16.0. The zero-order valence-electron chi connectivity index (χ0n) is 16.0. The molecule has 4 rings (SSSR count). The van der Waals surface area contributed by atoms with Gasteiger partial charge >= 0.3 is 0 Å². The van der Waals surface area contributed by atoms with Gasteiger partial charge in [-0.05, 0) is 37.1 Å². The molecule has 2 aromatic carbocycles. The molecular formula is C23H26N4O. The van der Waals surface area contributed by atoms with Crippen LogP contribution in [0.3, 0.4) is 0 Å². The highest BCUT2D eigenvalue weighted by Crippen LogP contribution is 2.21. The number of H-pyrrole nitrogens is 1. The lowest BCUT2D eigenvalue weighted by Crippen LogP contribution is -2.30. The molecule has 1 aromatic heterocycles. The minimum absolute atomic E-state index is 0.111. The Bertz CT molecular complexity index is 913. The van der Waals surface area contributed by atoms with E-state index in [9.17, 15) is 4.79 Å². The SMILES string of the molecule is O=C(NCc1ccccc1CN1CCCCC1)c1cn[nH]c1-c1ccccc1. The van der Waals surface area contributed by atoms with Gasteiger partial charge in [0, 0.05) is 18.7 Å². The Kier molecular flexibility index (Phi) is 5.83. The Morgan fingerprint density at radius 3 is 2.46 bits per heavy atom. The molecule has 2 N–H and O–H groups in total. The van der Waals surface area contributed by atoms with Crippen molar-refractivity contribution in [3.63, 3.8) is 0 Å². The summed E-state index contributed by atoms with van der Waals surface area (Å²) in [6.07, 6.45) is 5.49. The minimum Gasteiger partial charge on any atom is -0.348 e. The number of aromatic nitrogens is 2. The van der Waals surface area contributed by atoms with Gasteiger partial charge in [0.2, 0.25) is 0 Å². The molecule has 1 aliphatic heterocycles. The van der Waals surface area contributed by atoms with Gasteiger partial charge in [-0.25, -0.2) is 0 Å². The Morgan fingerprint density at radius 1 is 0.964 bits per heavy atom. The largest absolute Gasteiger partial charge is 0.348 e. The van der Waals surface area contributed by atoms with Crippen molar-refractivity contribution in [2.45, 2.75) is 32.4 Å². The molecule has 0 atom stereocenters. The third-order valence-corrected chi connectivity index (χ3v) is 5.35. The van der Waals surface area contributed by atoms with Crippen LogP contribution in [0.25, 0.3) is 11.3 Å². The van der Waals surface area contributed by atoms with E-state index in [0.717, 1.165) is 30.9 Å². The van der Waals surface area contributed by atoms with E-state index in [4.69, 9.17) is 0 Å². The molecule has 0 radical (unpaired) electrons. The lowest BCUT2D eigenvalue weighted by molar-refractivity contribution is 0.0951. The first-order valence-corrected chi connectivity index (χ1v) is 9.97. The van der Waals surface area contributed by atoms with Crippen molar-refractivity contribution in [3.8, 4) is 11.3 Å². The summed E-state index contributed by atoms with van der Waals surface area (Å²) in [6, 6.07) is 18.2. The second-order valence-corrected chi connectivity index (χ2v) is 7.31. The van der Waals surface area contributed by atoms with Crippen molar-refractivity contribution >= 4 is 5.91 Å². The summed E-state index contributed by atoms with van der Waals surface area (Å²) in [5, 5.41) is 10.1. The van der Waals surface area contributed by atoms with Gasteiger partial charge in [0.05, 0.1) is 17.5 Å². The lowest BCUT2D eigenvalue weighted by Gasteiger charge is -2.27. The number of nitrogens with one attached hydrogen (secondary N) is 2. The van der Waals surface area contributed by atoms with Crippen molar-refractivity contribution < 1.29 is 4.79 Å². The fraction of sp³-hybridized carbons (Fsp3) is 0.304. The molecule has 5 heteroatoms. The second kappa shape index (κ2) is 8.85. The van der Waals surface area contributed by atoms with Crippen molar-refractivity contribution in [3.05, 3.63) is 77.5 Å². The number of carbonyl (C=O) groups excluding carboxylic acids is 1. The van der Waals surface area contributed by atoms with E-state index in [0.29, 0.717) is 12.1 Å². The van der Waals surface area contributed by atoms with Gasteiger partial charge in [0.1, 0.15) is 0 Å². The maximum atomic E-state index is 12.8. The maximum Gasteiger partial charge on any atom is 0.255 e. The third-order valence-electron chi connectivity index (χ3n) is 5.35. The first-order chi connectivity index (χ1) is 13.8. The molecule has 0 unspecified atom stereocenters. The quantitative estimate of drug-likeness (QED) is 0.686. The average molecular weight is 374 g/mol. The van der Waals surface area contributed by atoms with E-state index in [2.05, 4.69) is 38.6 Å². The minimum atomic E-state index is -0.111. The smallest absolute Gasteiger partial charge is 0.255 e. The number of carbonyl (C=O) groups is 1. The van der Waals surface area contributed by atoms with Gasteiger partial charge in [-0.1, -0.05) is 61.0 Å². The summed E-state index contributed by atoms with van der Waals surface area (Å²) in [6.45, 7) is 3.79. The Balaban J connectivity index is 1.44. The third kappa shape index (κ3) is 4.31. The molecule has 144 valence electrons. The molecule has 5 nitrogen and oxygen atoms in total. The number of nitrogens with zero attached hydrogens (tertiary/aromatic N) is 2. The van der Waals surface area contributed by atoms with E-state index in [1.807, 2.05) is 36.4 Å². The standard InChI is InChI=1S/C23H26N4O/c28-23(21-16-25-26-22(21)18-9-3-1-4-10-18)24-15-19-11-5-6-12-20(19)17-27-13-7-2-8-14-27/h1,3-6,9-12,16H,2,7-8,13-15,17H2,(H,24,28)(H,25,26). The summed E-state index contributed by atoms with van der Waals surface area (Å²) >= 11 is 0. The number of benzene rings is 2. The summed E-state index contributed by atoms with van der Waals surface area (Å²) in [5.41, 5.74) is 4.74. The molecule has 3 aromatic rings. The molecule has 0 bridgehead atoms. The maximum absolute atomic E-state index is 12.8. The predicted molar refractivity (Wildman–Crippen MR) is 111 cm³/mol. The Hall–Kier alpha value is -2.92. The van der Waals surface area contributed by atoms with Gasteiger partial charge in [0.15, 0.2) is 0 Å². The van der Waals surface area contributed by atoms with E-state index in [1.165, 1.54) is 30.4 Å². The lowest BCUT2D eigenvalue weighted by atomic mass is 10.0. The number of hydrogen-bond acceptors (Lipinski definition) is 3. The zero-order chi connectivity index (χ0) is 19.2. The van der Waals surface area contributed by atoms with Crippen molar-refractivity contribution in [2.75, 3.05) is 13.1 Å². The highest BCUT2D eigenvalue weighted by Gasteiger charge is 2.16. The number of hydrogen-bond donors (Lipinski definition) is 2. The molecule has 1 aliphatic rings. The van der Waals surface area contributed by atoms with Crippen LogP contribution in [0, 0.1) is 0 Å². The van der Waals surface area contributed by atoms with Gasteiger partial charge in [-0.3, -0.25) is 14.8 Å². The van der Waals surface area contributed by atoms with Crippen LogP contribution in [0.15, 0.2) is 60.8 Å². The van der Waals surface area contributed by atoms with Gasteiger partial charge in [0.25, 0.3) is 5.91 Å². The molecule has 2 heterocycles. The predicted octanol–water partition coefficient (Wildman–Crippen LogP) is 3.99. The molecule has 1 fully saturated rings. The summed E-state index contributed by atoms with van der Waals surface area (Å²) in [7, 11) is 0. The Labute approximate surface area is 165 Å². The molecule has 1 amide bonds. The van der Waals surface area contributed by atoms with E-state index >= 15 is 0 Å². The number of piperidine rings is 1. The fourth-order valence-electron chi connectivity index (χ4n) is 3.80. The highest BCUT2D eigenvalue weighted by atomic mass is 16.1. The monoisotopic (exact) mass is 374 g/mol. The van der Waals surface area contributed by atoms with Crippen LogP contribution in [0.1, 0.15) is 40.7 Å². The number of amides is 1. The van der Waals surface area contributed by atoms with Crippen LogP contribution in [0.5, 0.6) is 0 Å². The first kappa shape index (κ1) is 18.4. The van der Waals surface area contributed by atoms with Crippen LogP contribution >= 0.6 is 0 Å². The molecule has 0 saturated carbocycles. The van der Waals surface area contributed by atoms with Crippen LogP contribution in [-0.4, -0.2) is 34.1 Å². The van der Waals surface area contributed by atoms with Gasteiger partial charge < -0.3 is 5.32 Å². The molecule has 1 saturated heterocycles. The summed E-state index contributed by atoms with van der Waals surface area (Å²) in [4.78, 5) is 15.3. The van der Waals surface area contributed by atoms with E-state index < -0.39 is 0 Å². The second-order valence-electron chi connectivity index (χ2n) is 7.31. The van der Waals surface area contributed by atoms with Gasteiger partial charge in [-0.15, -0.1) is 0 Å². The van der Waals surface area contributed by atoms with Crippen LogP contribution in [0.4, 0.5) is 0 Å². The Morgan fingerprint density at radius 2 is 1.68 bits per heavy atom. The van der Waals surface area contributed by atoms with E-state index in [-0.39, 0.29) is 5.91 Å². The molecule has 0 spiro atoms. The van der Waals surface area contributed by atoms with Crippen molar-refractivity contribution in [1.29, 1.82) is 0 Å². The van der Waals surface area contributed by atoms with E-state index in [1.54, 1.807) is 6.20 Å². The normalized spacial score (nSPS) is 14.7. The molecule has 28 heavy (non-hydrogen) atoms. The highest BCUT2D eigenvalue weighted by molar-refractivity contribution is 5.99. The molecular weight excluding hydrogens is 348 g/mol. The number of likely N-dealkylation sites (tertiary alicyclic amines) is 1. The summed E-state index contributed by atoms with van der Waals surface area (Å²) < 4.78 is 0. The summed E-state index contributed by atoms with van der Waals surface area (Å²) in [5.74, 6) is -0.111. The van der Waals surface area contributed by atoms with Crippen molar-refractivity contribution in [2.24, 2.45) is 0 Å². The number of rotatable bonds is 6. The topological polar surface area (TPSA) is 61.0 Å². The average Bonchev–Trinajstić information content (AvgIpc) is 3.24. The van der Waals surface area contributed by atoms with Crippen LogP contribution < -0.4 is 5.32 Å². The van der Waals surface area contributed by atoms with Crippen LogP contribution in [-0.2, 0) is 13.1 Å². The van der Waals surface area contributed by atoms with Crippen LogP contribution in [0.2, 0.25) is 0 Å². The fourth-order valence-corrected chi connectivity index (χ4v) is 3.80. The molecule has 0 aliphatic carbocycles. The number of aromatic amines is 1.